The number of allylic oxidation sites excluding steroid dienone is 1. The van der Waals surface area contributed by atoms with Gasteiger partial charge >= 0.3 is 5.97 Å². The van der Waals surface area contributed by atoms with Crippen LogP contribution in [-0.2, 0) is 9.53 Å². The molecule has 0 radical (unpaired) electrons. The second-order valence-electron chi connectivity index (χ2n) is 4.60. The van der Waals surface area contributed by atoms with Gasteiger partial charge in [-0.1, -0.05) is 6.07 Å². The smallest absolute Gasteiger partial charge is 0.337 e. The lowest BCUT2D eigenvalue weighted by atomic mass is 9.94. The first kappa shape index (κ1) is 15.4. The average molecular weight is 312 g/mol. The second kappa shape index (κ2) is 5.77. The minimum atomic E-state index is -0.818. The van der Waals surface area contributed by atoms with Crippen molar-refractivity contribution in [1.82, 2.24) is 10.2 Å². The number of hydrogen-bond donors (Lipinski definition) is 1. The van der Waals surface area contributed by atoms with Crippen molar-refractivity contribution < 1.29 is 18.3 Å². The van der Waals surface area contributed by atoms with Gasteiger partial charge in [0, 0.05) is 24.4 Å². The van der Waals surface area contributed by atoms with E-state index in [4.69, 9.17) is 17.0 Å². The molecule has 0 aromatic heterocycles. The maximum Gasteiger partial charge on any atom is 0.337 e. The van der Waals surface area contributed by atoms with E-state index in [1.54, 1.807) is 18.9 Å². The Kier molecular flexibility index (Phi) is 4.22. The van der Waals surface area contributed by atoms with Gasteiger partial charge in [0.15, 0.2) is 5.11 Å². The van der Waals surface area contributed by atoms with E-state index in [1.807, 2.05) is 0 Å². The second-order valence-corrected chi connectivity index (χ2v) is 4.98. The molecule has 0 fully saturated rings. The van der Waals surface area contributed by atoms with Crippen molar-refractivity contribution in [3.8, 4) is 0 Å². The number of nitrogens with one attached hydrogen (secondary N) is 1. The molecule has 0 aliphatic carbocycles. The standard InChI is InChI=1S/C14H14F2N2O2S/c1-7-11(13(19)20-3)12(17-14(21)18(7)2)9-5-4-8(15)6-10(9)16/h4-6,12H,1-3H3,(H,17,21)/t12-/m1/s1. The molecule has 2 rings (SSSR count). The molecule has 1 aromatic carbocycles. The summed E-state index contributed by atoms with van der Waals surface area (Å²) in [6.45, 7) is 1.69. The van der Waals surface area contributed by atoms with Crippen molar-refractivity contribution >= 4 is 23.3 Å². The van der Waals surface area contributed by atoms with Crippen LogP contribution in [0.25, 0.3) is 0 Å². The van der Waals surface area contributed by atoms with Crippen LogP contribution >= 0.6 is 12.2 Å². The van der Waals surface area contributed by atoms with Crippen LogP contribution in [-0.4, -0.2) is 30.1 Å². The van der Waals surface area contributed by atoms with Crippen LogP contribution in [0.5, 0.6) is 0 Å². The number of halogens is 2. The molecule has 0 spiro atoms. The molecule has 0 bridgehead atoms. The highest BCUT2D eigenvalue weighted by Crippen LogP contribution is 2.32. The zero-order chi connectivity index (χ0) is 15.7. The first-order valence-electron chi connectivity index (χ1n) is 6.15. The monoisotopic (exact) mass is 312 g/mol. The number of esters is 1. The summed E-state index contributed by atoms with van der Waals surface area (Å²) in [5, 5.41) is 3.22. The van der Waals surface area contributed by atoms with Gasteiger partial charge in [0.05, 0.1) is 18.7 Å². The van der Waals surface area contributed by atoms with Crippen molar-refractivity contribution in [2.75, 3.05) is 14.2 Å². The van der Waals surface area contributed by atoms with Crippen LogP contribution < -0.4 is 5.32 Å². The van der Waals surface area contributed by atoms with Crippen LogP contribution in [0.2, 0.25) is 0 Å². The van der Waals surface area contributed by atoms with Gasteiger partial charge in [-0.05, 0) is 25.2 Å². The lowest BCUT2D eigenvalue weighted by molar-refractivity contribution is -0.136. The number of methoxy groups -OCH3 is 1. The number of carbonyl (C=O) groups is 1. The van der Waals surface area contributed by atoms with Gasteiger partial charge in [0.25, 0.3) is 0 Å². The summed E-state index contributed by atoms with van der Waals surface area (Å²) < 4.78 is 31.8. The van der Waals surface area contributed by atoms with E-state index >= 15 is 0 Å². The minimum absolute atomic E-state index is 0.131. The van der Waals surface area contributed by atoms with Crippen LogP contribution in [0.3, 0.4) is 0 Å². The Morgan fingerprint density at radius 3 is 2.67 bits per heavy atom. The summed E-state index contributed by atoms with van der Waals surface area (Å²) in [7, 11) is 2.93. The Bertz CT molecular complexity index is 646. The summed E-state index contributed by atoms with van der Waals surface area (Å²) in [4.78, 5) is 13.6. The third kappa shape index (κ3) is 2.73. The fourth-order valence-corrected chi connectivity index (χ4v) is 2.43. The summed E-state index contributed by atoms with van der Waals surface area (Å²) in [5.41, 5.74) is 0.921. The van der Waals surface area contributed by atoms with Gasteiger partial charge < -0.3 is 15.0 Å². The van der Waals surface area contributed by atoms with Crippen LogP contribution in [0.4, 0.5) is 8.78 Å². The molecule has 1 aliphatic heterocycles. The maximum absolute atomic E-state index is 14.0. The Morgan fingerprint density at radius 2 is 2.10 bits per heavy atom. The molecule has 4 nitrogen and oxygen atoms in total. The van der Waals surface area contributed by atoms with Crippen LogP contribution in [0, 0.1) is 11.6 Å². The highest BCUT2D eigenvalue weighted by Gasteiger charge is 2.34. The van der Waals surface area contributed by atoms with Crippen molar-refractivity contribution in [2.45, 2.75) is 13.0 Å². The predicted octanol–water partition coefficient (Wildman–Crippen LogP) is 2.27. The minimum Gasteiger partial charge on any atom is -0.466 e. The molecule has 112 valence electrons. The number of benzene rings is 1. The Morgan fingerprint density at radius 1 is 1.43 bits per heavy atom. The molecule has 1 heterocycles. The summed E-state index contributed by atoms with van der Waals surface area (Å²) in [5.74, 6) is -2.04. The van der Waals surface area contributed by atoms with Crippen molar-refractivity contribution in [2.24, 2.45) is 0 Å². The molecule has 1 aliphatic rings. The van der Waals surface area contributed by atoms with Gasteiger partial charge in [-0.3, -0.25) is 0 Å². The zero-order valence-electron chi connectivity index (χ0n) is 11.7. The van der Waals surface area contributed by atoms with E-state index < -0.39 is 23.6 Å². The van der Waals surface area contributed by atoms with E-state index in [0.29, 0.717) is 10.8 Å². The van der Waals surface area contributed by atoms with E-state index in [1.165, 1.54) is 13.2 Å². The van der Waals surface area contributed by atoms with E-state index in [9.17, 15) is 13.6 Å². The lowest BCUT2D eigenvalue weighted by Crippen LogP contribution is -2.46. The highest BCUT2D eigenvalue weighted by molar-refractivity contribution is 7.80. The van der Waals surface area contributed by atoms with Gasteiger partial charge in [-0.2, -0.15) is 0 Å². The van der Waals surface area contributed by atoms with Crippen molar-refractivity contribution in [3.63, 3.8) is 0 Å². The quantitative estimate of drug-likeness (QED) is 0.670. The van der Waals surface area contributed by atoms with E-state index in [0.717, 1.165) is 12.1 Å². The SMILES string of the molecule is COC(=O)C1=C(C)N(C)C(=S)N[C@@H]1c1ccc(F)cc1F. The van der Waals surface area contributed by atoms with E-state index in [2.05, 4.69) is 5.32 Å². The summed E-state index contributed by atoms with van der Waals surface area (Å²) >= 11 is 5.16. The third-order valence-electron chi connectivity index (χ3n) is 3.43. The van der Waals surface area contributed by atoms with Crippen LogP contribution in [0.1, 0.15) is 18.5 Å². The summed E-state index contributed by atoms with van der Waals surface area (Å²) in [6.07, 6.45) is 0. The first-order chi connectivity index (χ1) is 9.86. The lowest BCUT2D eigenvalue weighted by Gasteiger charge is -2.35. The molecule has 21 heavy (non-hydrogen) atoms. The molecule has 1 atom stereocenters. The molecule has 0 unspecified atom stereocenters. The van der Waals surface area contributed by atoms with Crippen molar-refractivity contribution in [3.05, 3.63) is 46.7 Å². The number of rotatable bonds is 2. The average Bonchev–Trinajstić information content (AvgIpc) is 2.44. The molecule has 0 saturated carbocycles. The number of nitrogens with zero attached hydrogens (tertiary/aromatic N) is 1. The van der Waals surface area contributed by atoms with E-state index in [-0.39, 0.29) is 11.1 Å². The first-order valence-corrected chi connectivity index (χ1v) is 6.56. The predicted molar refractivity (Wildman–Crippen MR) is 77.3 cm³/mol. The van der Waals surface area contributed by atoms with Gasteiger partial charge in [-0.15, -0.1) is 0 Å². The number of ether oxygens (including phenoxy) is 1. The molecule has 1 aromatic rings. The molecule has 0 saturated heterocycles. The normalized spacial score (nSPS) is 18.6. The Balaban J connectivity index is 2.59. The fraction of sp³-hybridized carbons (Fsp3) is 0.286. The van der Waals surface area contributed by atoms with Crippen molar-refractivity contribution in [1.29, 1.82) is 0 Å². The fourth-order valence-electron chi connectivity index (χ4n) is 2.18. The van der Waals surface area contributed by atoms with Gasteiger partial charge in [0.2, 0.25) is 0 Å². The maximum atomic E-state index is 14.0. The summed E-state index contributed by atoms with van der Waals surface area (Å²) in [6, 6.07) is 2.36. The molecule has 7 heteroatoms. The van der Waals surface area contributed by atoms with Gasteiger partial charge in [0.1, 0.15) is 11.6 Å². The number of hydrogen-bond acceptors (Lipinski definition) is 3. The molecule has 0 amide bonds. The Labute approximate surface area is 126 Å². The van der Waals surface area contributed by atoms with Crippen LogP contribution in [0.15, 0.2) is 29.5 Å². The molecule has 1 N–H and O–H groups in total. The number of thiocarbonyl (C=S) groups is 1. The third-order valence-corrected chi connectivity index (χ3v) is 3.82. The molecular formula is C14H14F2N2O2S. The topological polar surface area (TPSA) is 41.6 Å². The Hall–Kier alpha value is -2.02. The van der Waals surface area contributed by atoms with Gasteiger partial charge in [-0.25, -0.2) is 13.6 Å². The largest absolute Gasteiger partial charge is 0.466 e. The zero-order valence-corrected chi connectivity index (χ0v) is 12.6. The molecular weight excluding hydrogens is 298 g/mol. The highest BCUT2D eigenvalue weighted by atomic mass is 32.1. The number of carbonyl (C=O) groups excluding carboxylic acids is 1.